The molecule has 2 aromatic rings. The molecule has 0 saturated carbocycles. The van der Waals surface area contributed by atoms with Gasteiger partial charge in [-0.3, -0.25) is 14.6 Å². The number of ether oxygens (including phenoxy) is 1. The minimum absolute atomic E-state index is 0.111. The minimum atomic E-state index is -0.374. The van der Waals surface area contributed by atoms with Crippen LogP contribution in [0, 0.1) is 13.8 Å². The van der Waals surface area contributed by atoms with Gasteiger partial charge in [-0.2, -0.15) is 0 Å². The van der Waals surface area contributed by atoms with Gasteiger partial charge in [-0.1, -0.05) is 30.3 Å². The minimum Gasteiger partial charge on any atom is -0.469 e. The number of aromatic nitrogens is 2. The van der Waals surface area contributed by atoms with Crippen molar-refractivity contribution in [3.05, 3.63) is 63.3 Å². The van der Waals surface area contributed by atoms with Crippen LogP contribution in [-0.2, 0) is 22.6 Å². The van der Waals surface area contributed by atoms with Gasteiger partial charge >= 0.3 is 11.5 Å². The molecular formula is C17H20N2O4. The Hall–Kier alpha value is -2.63. The Labute approximate surface area is 134 Å². The second kappa shape index (κ2) is 7.58. The van der Waals surface area contributed by atoms with Crippen LogP contribution in [0.25, 0.3) is 0 Å². The van der Waals surface area contributed by atoms with E-state index in [2.05, 4.69) is 9.72 Å². The molecule has 0 spiro atoms. The third-order valence-electron chi connectivity index (χ3n) is 3.56. The fraction of sp³-hybridized carbons (Fsp3) is 0.353. The van der Waals surface area contributed by atoms with E-state index in [1.54, 1.807) is 13.8 Å². The first-order valence-electron chi connectivity index (χ1n) is 7.36. The van der Waals surface area contributed by atoms with E-state index in [0.717, 1.165) is 5.56 Å². The molecule has 23 heavy (non-hydrogen) atoms. The van der Waals surface area contributed by atoms with Crippen molar-refractivity contribution in [2.45, 2.75) is 33.3 Å². The van der Waals surface area contributed by atoms with Crippen LogP contribution in [0.4, 0.5) is 0 Å². The van der Waals surface area contributed by atoms with Crippen molar-refractivity contribution in [3.8, 4) is 0 Å². The molecule has 0 saturated heterocycles. The highest BCUT2D eigenvalue weighted by Gasteiger charge is 2.14. The second-order valence-electron chi connectivity index (χ2n) is 5.16. The van der Waals surface area contributed by atoms with E-state index in [4.69, 9.17) is 4.84 Å². The number of carbonyl (C=O) groups is 1. The van der Waals surface area contributed by atoms with E-state index >= 15 is 0 Å². The summed E-state index contributed by atoms with van der Waals surface area (Å²) < 4.78 is 5.85. The van der Waals surface area contributed by atoms with Crippen molar-refractivity contribution in [2.75, 3.05) is 7.11 Å². The van der Waals surface area contributed by atoms with Crippen molar-refractivity contribution in [2.24, 2.45) is 0 Å². The summed E-state index contributed by atoms with van der Waals surface area (Å²) in [4.78, 5) is 33.7. The monoisotopic (exact) mass is 316 g/mol. The number of rotatable bonds is 6. The van der Waals surface area contributed by atoms with Crippen LogP contribution in [0.3, 0.4) is 0 Å². The smallest absolute Gasteiger partial charge is 0.305 e. The number of esters is 1. The molecule has 0 bridgehead atoms. The Morgan fingerprint density at radius 3 is 2.57 bits per heavy atom. The number of benzene rings is 1. The molecule has 1 aromatic carbocycles. The van der Waals surface area contributed by atoms with E-state index in [1.807, 2.05) is 30.3 Å². The molecular weight excluding hydrogens is 296 g/mol. The molecule has 0 unspecified atom stereocenters. The van der Waals surface area contributed by atoms with E-state index in [-0.39, 0.29) is 31.0 Å². The Morgan fingerprint density at radius 2 is 1.91 bits per heavy atom. The zero-order chi connectivity index (χ0) is 16.8. The van der Waals surface area contributed by atoms with Crippen molar-refractivity contribution in [3.63, 3.8) is 0 Å². The highest BCUT2D eigenvalue weighted by atomic mass is 16.7. The van der Waals surface area contributed by atoms with Crippen molar-refractivity contribution in [1.82, 2.24) is 9.71 Å². The van der Waals surface area contributed by atoms with Crippen LogP contribution < -0.4 is 10.4 Å². The van der Waals surface area contributed by atoms with Gasteiger partial charge in [0.15, 0.2) is 0 Å². The quantitative estimate of drug-likeness (QED) is 0.757. The first-order chi connectivity index (χ1) is 11.0. The number of carbonyl (C=O) groups excluding carboxylic acids is 1. The number of aryl methyl sites for hydroxylation is 2. The van der Waals surface area contributed by atoms with Crippen LogP contribution in [-0.4, -0.2) is 22.8 Å². The van der Waals surface area contributed by atoms with Gasteiger partial charge in [-0.15, -0.1) is 4.73 Å². The lowest BCUT2D eigenvalue weighted by atomic mass is 10.2. The number of nitrogens with zero attached hydrogens (tertiary/aromatic N) is 2. The molecule has 0 N–H and O–H groups in total. The standard InChI is InChI=1S/C17H20N2O4/c1-12-13(2)19(23-11-14-7-5-4-6-8-14)17(21)15(18-12)9-10-16(20)22-3/h4-8H,9-11H2,1-3H3. The maximum absolute atomic E-state index is 12.5. The average Bonchev–Trinajstić information content (AvgIpc) is 2.57. The lowest BCUT2D eigenvalue weighted by molar-refractivity contribution is -0.140. The summed E-state index contributed by atoms with van der Waals surface area (Å²) in [5.41, 5.74) is 2.26. The highest BCUT2D eigenvalue weighted by molar-refractivity contribution is 5.69. The summed E-state index contributed by atoms with van der Waals surface area (Å²) in [5.74, 6) is -0.374. The van der Waals surface area contributed by atoms with Crippen LogP contribution in [0.1, 0.15) is 29.1 Å². The largest absolute Gasteiger partial charge is 0.469 e. The fourth-order valence-electron chi connectivity index (χ4n) is 2.10. The summed E-state index contributed by atoms with van der Waals surface area (Å²) in [5, 5.41) is 0. The van der Waals surface area contributed by atoms with Crippen LogP contribution >= 0.6 is 0 Å². The molecule has 2 rings (SSSR count). The SMILES string of the molecule is COC(=O)CCc1nc(C)c(C)n(OCc2ccccc2)c1=O. The average molecular weight is 316 g/mol. The maximum atomic E-state index is 12.5. The van der Waals surface area contributed by atoms with E-state index in [1.165, 1.54) is 11.8 Å². The summed E-state index contributed by atoms with van der Waals surface area (Å²) >= 11 is 0. The Kier molecular flexibility index (Phi) is 5.51. The third-order valence-corrected chi connectivity index (χ3v) is 3.56. The number of hydrogen-bond donors (Lipinski definition) is 0. The van der Waals surface area contributed by atoms with Gasteiger partial charge in [0.1, 0.15) is 12.3 Å². The topological polar surface area (TPSA) is 70.4 Å². The Morgan fingerprint density at radius 1 is 1.22 bits per heavy atom. The predicted molar refractivity (Wildman–Crippen MR) is 85.0 cm³/mol. The lowest BCUT2D eigenvalue weighted by Crippen LogP contribution is -2.33. The summed E-state index contributed by atoms with van der Waals surface area (Å²) in [6.45, 7) is 3.86. The third kappa shape index (κ3) is 4.18. The zero-order valence-corrected chi connectivity index (χ0v) is 13.5. The molecule has 0 amide bonds. The van der Waals surface area contributed by atoms with Gasteiger partial charge in [0, 0.05) is 6.42 Å². The number of hydrogen-bond acceptors (Lipinski definition) is 5. The zero-order valence-electron chi connectivity index (χ0n) is 13.5. The van der Waals surface area contributed by atoms with Gasteiger partial charge in [0.25, 0.3) is 0 Å². The highest BCUT2D eigenvalue weighted by Crippen LogP contribution is 2.05. The molecule has 0 atom stereocenters. The van der Waals surface area contributed by atoms with Gasteiger partial charge in [0.2, 0.25) is 0 Å². The van der Waals surface area contributed by atoms with Crippen molar-refractivity contribution in [1.29, 1.82) is 0 Å². The Bertz CT molecular complexity index is 738. The molecule has 0 radical (unpaired) electrons. The molecule has 0 fully saturated rings. The lowest BCUT2D eigenvalue weighted by Gasteiger charge is -2.14. The predicted octanol–water partition coefficient (Wildman–Crippen LogP) is 1.59. The normalized spacial score (nSPS) is 10.4. The first kappa shape index (κ1) is 16.7. The summed E-state index contributed by atoms with van der Waals surface area (Å²) in [7, 11) is 1.32. The van der Waals surface area contributed by atoms with E-state index in [9.17, 15) is 9.59 Å². The van der Waals surface area contributed by atoms with E-state index in [0.29, 0.717) is 17.1 Å². The maximum Gasteiger partial charge on any atom is 0.305 e. The summed E-state index contributed by atoms with van der Waals surface area (Å²) in [6.07, 6.45) is 0.335. The van der Waals surface area contributed by atoms with Crippen molar-refractivity contribution < 1.29 is 14.4 Å². The van der Waals surface area contributed by atoms with Crippen molar-refractivity contribution >= 4 is 5.97 Å². The molecule has 0 aliphatic heterocycles. The fourth-order valence-corrected chi connectivity index (χ4v) is 2.10. The molecule has 0 aliphatic rings. The summed E-state index contributed by atoms with van der Waals surface area (Å²) in [6, 6.07) is 9.59. The molecule has 1 heterocycles. The molecule has 6 nitrogen and oxygen atoms in total. The first-order valence-corrected chi connectivity index (χ1v) is 7.36. The number of methoxy groups -OCH3 is 1. The van der Waals surface area contributed by atoms with Gasteiger partial charge in [-0.25, -0.2) is 0 Å². The van der Waals surface area contributed by atoms with Crippen LogP contribution in [0.5, 0.6) is 0 Å². The van der Waals surface area contributed by atoms with Gasteiger partial charge in [0.05, 0.1) is 24.9 Å². The molecule has 122 valence electrons. The molecule has 6 heteroatoms. The molecule has 1 aromatic heterocycles. The van der Waals surface area contributed by atoms with Gasteiger partial charge < -0.3 is 9.57 Å². The van der Waals surface area contributed by atoms with Crippen LogP contribution in [0.15, 0.2) is 35.1 Å². The van der Waals surface area contributed by atoms with E-state index < -0.39 is 0 Å². The molecule has 0 aliphatic carbocycles. The second-order valence-corrected chi connectivity index (χ2v) is 5.16. The van der Waals surface area contributed by atoms with Gasteiger partial charge in [-0.05, 0) is 19.4 Å². The van der Waals surface area contributed by atoms with Crippen LogP contribution in [0.2, 0.25) is 0 Å². The Balaban J connectivity index is 2.22.